The molecule has 0 spiro atoms. The van der Waals surface area contributed by atoms with Gasteiger partial charge in [-0.15, -0.1) is 12.4 Å². The Morgan fingerprint density at radius 3 is 1.67 bits per heavy atom. The lowest BCUT2D eigenvalue weighted by molar-refractivity contribution is 0.254. The van der Waals surface area contributed by atoms with Crippen molar-refractivity contribution in [3.63, 3.8) is 0 Å². The van der Waals surface area contributed by atoms with Crippen molar-refractivity contribution in [3.8, 4) is 17.2 Å². The van der Waals surface area contributed by atoms with Crippen molar-refractivity contribution in [2.45, 2.75) is 39.6 Å². The first-order valence-corrected chi connectivity index (χ1v) is 14.3. The first kappa shape index (κ1) is 30.5. The average molecular weight is 580 g/mol. The van der Waals surface area contributed by atoms with Crippen LogP contribution in [0, 0.1) is 0 Å². The van der Waals surface area contributed by atoms with Crippen molar-refractivity contribution >= 4 is 18.1 Å². The zero-order valence-electron chi connectivity index (χ0n) is 24.0. The van der Waals surface area contributed by atoms with Gasteiger partial charge in [-0.3, -0.25) is 0 Å². The van der Waals surface area contributed by atoms with E-state index in [-0.39, 0.29) is 12.4 Å². The smallest absolute Gasteiger partial charge is 0.166 e. The Labute approximate surface area is 255 Å². The van der Waals surface area contributed by atoms with Gasteiger partial charge in [0.25, 0.3) is 0 Å². The molecule has 1 N–H and O–H groups in total. The van der Waals surface area contributed by atoms with Crippen molar-refractivity contribution < 1.29 is 14.2 Å². The van der Waals surface area contributed by atoms with Gasteiger partial charge in [0.2, 0.25) is 0 Å². The van der Waals surface area contributed by atoms with Crippen LogP contribution >= 0.6 is 12.4 Å². The van der Waals surface area contributed by atoms with E-state index in [1.165, 1.54) is 5.56 Å². The summed E-state index contributed by atoms with van der Waals surface area (Å²) >= 11 is 0. The van der Waals surface area contributed by atoms with Crippen LogP contribution in [0.1, 0.15) is 34.7 Å². The molecule has 0 bridgehead atoms. The summed E-state index contributed by atoms with van der Waals surface area (Å²) in [6.07, 6.45) is 1.63. The van der Waals surface area contributed by atoms with E-state index in [4.69, 9.17) is 14.2 Å². The van der Waals surface area contributed by atoms with Crippen LogP contribution < -0.4 is 19.5 Å². The van der Waals surface area contributed by atoms with Gasteiger partial charge >= 0.3 is 0 Å². The van der Waals surface area contributed by atoms with E-state index < -0.39 is 0 Å². The van der Waals surface area contributed by atoms with Crippen LogP contribution in [0.15, 0.2) is 127 Å². The quantitative estimate of drug-likeness (QED) is 0.142. The molecular formula is C37H38ClNO3. The van der Waals surface area contributed by atoms with Crippen molar-refractivity contribution in [3.05, 3.63) is 155 Å². The second kappa shape index (κ2) is 16.1. The third-order valence-electron chi connectivity index (χ3n) is 6.87. The first-order chi connectivity index (χ1) is 20.3. The predicted octanol–water partition coefficient (Wildman–Crippen LogP) is 9.06. The molecule has 5 aromatic rings. The molecule has 5 rings (SSSR count). The maximum Gasteiger partial charge on any atom is 0.166 e. The average Bonchev–Trinajstić information content (AvgIpc) is 3.03. The zero-order valence-corrected chi connectivity index (χ0v) is 24.8. The van der Waals surface area contributed by atoms with Gasteiger partial charge in [0.1, 0.15) is 25.6 Å². The molecule has 0 fully saturated rings. The molecule has 5 aromatic carbocycles. The lowest BCUT2D eigenvalue weighted by Gasteiger charge is -2.20. The molecule has 0 aromatic heterocycles. The highest BCUT2D eigenvalue weighted by atomic mass is 35.5. The molecule has 0 saturated heterocycles. The van der Waals surface area contributed by atoms with Crippen LogP contribution in [0.2, 0.25) is 0 Å². The minimum Gasteiger partial charge on any atom is -0.489 e. The third kappa shape index (κ3) is 8.79. The predicted molar refractivity (Wildman–Crippen MR) is 174 cm³/mol. The van der Waals surface area contributed by atoms with E-state index in [9.17, 15) is 0 Å². The van der Waals surface area contributed by atoms with Crippen LogP contribution in [0.4, 0.5) is 5.69 Å². The summed E-state index contributed by atoms with van der Waals surface area (Å²) in [7, 11) is 0. The molecule has 0 saturated carbocycles. The molecule has 0 heterocycles. The number of rotatable bonds is 14. The fourth-order valence-corrected chi connectivity index (χ4v) is 4.75. The molecule has 4 nitrogen and oxygen atoms in total. The lowest BCUT2D eigenvalue weighted by Crippen LogP contribution is -2.08. The Morgan fingerprint density at radius 2 is 1.07 bits per heavy atom. The summed E-state index contributed by atoms with van der Waals surface area (Å²) < 4.78 is 19.0. The lowest BCUT2D eigenvalue weighted by atomic mass is 10.0. The zero-order chi connectivity index (χ0) is 28.1. The van der Waals surface area contributed by atoms with Crippen molar-refractivity contribution in [1.29, 1.82) is 0 Å². The Hall–Kier alpha value is -4.41. The van der Waals surface area contributed by atoms with E-state index in [1.807, 2.05) is 66.7 Å². The number of ether oxygens (including phenoxy) is 3. The monoisotopic (exact) mass is 579 g/mol. The molecule has 0 atom stereocenters. The number of hydrogen-bond donors (Lipinski definition) is 1. The summed E-state index contributed by atoms with van der Waals surface area (Å²) in [5, 5.41) is 3.54. The number of aryl methyl sites for hydroxylation is 1. The molecule has 0 aliphatic carbocycles. The maximum absolute atomic E-state index is 6.54. The second-order valence-corrected chi connectivity index (χ2v) is 9.92. The van der Waals surface area contributed by atoms with Crippen LogP contribution in [0.3, 0.4) is 0 Å². The minimum atomic E-state index is 0. The highest BCUT2D eigenvalue weighted by Crippen LogP contribution is 2.38. The van der Waals surface area contributed by atoms with Crippen molar-refractivity contribution in [2.24, 2.45) is 0 Å². The Morgan fingerprint density at radius 1 is 0.524 bits per heavy atom. The summed E-state index contributed by atoms with van der Waals surface area (Å²) in [5.41, 5.74) is 6.78. The fourth-order valence-electron chi connectivity index (χ4n) is 4.75. The van der Waals surface area contributed by atoms with E-state index >= 15 is 0 Å². The van der Waals surface area contributed by atoms with Gasteiger partial charge in [-0.2, -0.15) is 0 Å². The summed E-state index contributed by atoms with van der Waals surface area (Å²) in [6.45, 7) is 4.42. The van der Waals surface area contributed by atoms with Crippen LogP contribution in [0.5, 0.6) is 17.2 Å². The van der Waals surface area contributed by atoms with Crippen molar-refractivity contribution in [2.75, 3.05) is 11.9 Å². The normalized spacial score (nSPS) is 10.4. The van der Waals surface area contributed by atoms with E-state index in [1.54, 1.807) is 0 Å². The van der Waals surface area contributed by atoms with E-state index in [0.717, 1.165) is 64.6 Å². The summed E-state index contributed by atoms with van der Waals surface area (Å²) in [4.78, 5) is 0. The fraction of sp³-hybridized carbons (Fsp3) is 0.189. The third-order valence-corrected chi connectivity index (χ3v) is 6.87. The van der Waals surface area contributed by atoms with Gasteiger partial charge in [0.05, 0.1) is 0 Å². The molecule has 0 amide bonds. The van der Waals surface area contributed by atoms with Gasteiger partial charge in [0, 0.05) is 17.8 Å². The van der Waals surface area contributed by atoms with Gasteiger partial charge in [-0.25, -0.2) is 0 Å². The molecule has 0 aliphatic rings. The van der Waals surface area contributed by atoms with E-state index in [2.05, 4.69) is 72.9 Å². The molecule has 42 heavy (non-hydrogen) atoms. The second-order valence-electron chi connectivity index (χ2n) is 9.92. The SMILES string of the molecule is CCNc1ccc(OCc2ccccc2)c(OCc2ccccc2)c1CCc1cccc(OCc2ccccc2)c1.Cl. The Bertz CT molecular complexity index is 1490. The minimum absolute atomic E-state index is 0. The number of nitrogens with one attached hydrogen (secondary N) is 1. The Kier molecular flexibility index (Phi) is 11.7. The Balaban J connectivity index is 0.00000405. The largest absolute Gasteiger partial charge is 0.489 e. The number of halogens is 1. The molecule has 0 radical (unpaired) electrons. The molecular weight excluding hydrogens is 542 g/mol. The van der Waals surface area contributed by atoms with Gasteiger partial charge in [0.15, 0.2) is 11.5 Å². The highest BCUT2D eigenvalue weighted by molar-refractivity contribution is 5.85. The molecule has 0 unspecified atom stereocenters. The van der Waals surface area contributed by atoms with Gasteiger partial charge in [-0.1, -0.05) is 103 Å². The van der Waals surface area contributed by atoms with E-state index in [0.29, 0.717) is 19.8 Å². The number of hydrogen-bond acceptors (Lipinski definition) is 4. The first-order valence-electron chi connectivity index (χ1n) is 14.3. The van der Waals surface area contributed by atoms with Crippen molar-refractivity contribution in [1.82, 2.24) is 0 Å². The molecule has 5 heteroatoms. The van der Waals surface area contributed by atoms with Crippen LogP contribution in [0.25, 0.3) is 0 Å². The number of benzene rings is 5. The number of anilines is 1. The summed E-state index contributed by atoms with van der Waals surface area (Å²) in [5.74, 6) is 2.42. The topological polar surface area (TPSA) is 39.7 Å². The van der Waals surface area contributed by atoms with Crippen LogP contribution in [-0.4, -0.2) is 6.54 Å². The van der Waals surface area contributed by atoms with Crippen LogP contribution in [-0.2, 0) is 32.7 Å². The maximum atomic E-state index is 6.54. The summed E-state index contributed by atoms with van der Waals surface area (Å²) in [6, 6.07) is 43.2. The standard InChI is InChI=1S/C37H37NO3.ClH/c1-2-38-35-23-24-36(40-27-31-15-8-4-9-16-31)37(41-28-32-17-10-5-11-18-32)34(35)22-21-29-19-12-20-33(25-29)39-26-30-13-6-3-7-14-30;/h3-20,23-25,38H,2,21-22,26-28H2,1H3;1H. The van der Waals surface area contributed by atoms with Gasteiger partial charge in [-0.05, 0) is 66.3 Å². The molecule has 216 valence electrons. The van der Waals surface area contributed by atoms with Gasteiger partial charge < -0.3 is 19.5 Å². The highest BCUT2D eigenvalue weighted by Gasteiger charge is 2.17. The molecule has 0 aliphatic heterocycles.